The second-order valence-corrected chi connectivity index (χ2v) is 11.9. The zero-order valence-corrected chi connectivity index (χ0v) is 22.5. The highest BCUT2D eigenvalue weighted by Gasteiger charge is 2.34. The molecule has 2 fully saturated rings. The zero-order valence-electron chi connectivity index (χ0n) is 21.7. The van der Waals surface area contributed by atoms with Crippen LogP contribution in [0.3, 0.4) is 0 Å². The van der Waals surface area contributed by atoms with Gasteiger partial charge in [0.25, 0.3) is 10.2 Å². The number of nitrogens with two attached hydrogens (primary N) is 1. The van der Waals surface area contributed by atoms with Gasteiger partial charge in [0.1, 0.15) is 11.0 Å². The van der Waals surface area contributed by atoms with Crippen LogP contribution in [0.15, 0.2) is 42.7 Å². The summed E-state index contributed by atoms with van der Waals surface area (Å²) in [4.78, 5) is 16.6. The van der Waals surface area contributed by atoms with Crippen LogP contribution in [0.5, 0.6) is 0 Å². The summed E-state index contributed by atoms with van der Waals surface area (Å²) >= 11 is 0. The predicted octanol–water partition coefficient (Wildman–Crippen LogP) is 3.23. The van der Waals surface area contributed by atoms with E-state index in [1.807, 2.05) is 34.0 Å². The molecule has 2 aliphatic rings. The van der Waals surface area contributed by atoms with E-state index in [9.17, 15) is 8.42 Å². The van der Waals surface area contributed by atoms with Crippen molar-refractivity contribution < 1.29 is 8.42 Å². The maximum absolute atomic E-state index is 11.8. The lowest BCUT2D eigenvalue weighted by molar-refractivity contribution is 0.383. The number of pyridine rings is 1. The van der Waals surface area contributed by atoms with Crippen molar-refractivity contribution in [3.63, 3.8) is 0 Å². The zero-order chi connectivity index (χ0) is 26.4. The van der Waals surface area contributed by atoms with E-state index in [4.69, 9.17) is 20.1 Å². The number of fused-ring (bicyclic) bond motifs is 2. The fourth-order valence-electron chi connectivity index (χ4n) is 5.15. The molecule has 200 valence electrons. The van der Waals surface area contributed by atoms with Gasteiger partial charge in [-0.2, -0.15) is 22.8 Å². The molecule has 1 aliphatic heterocycles. The summed E-state index contributed by atoms with van der Waals surface area (Å²) in [5.41, 5.74) is 3.76. The molecule has 0 bridgehead atoms. The Morgan fingerprint density at radius 1 is 1.08 bits per heavy atom. The number of para-hydroxylation sites is 1. The van der Waals surface area contributed by atoms with Crippen LogP contribution in [-0.4, -0.2) is 63.6 Å². The molecule has 1 aliphatic carbocycles. The van der Waals surface area contributed by atoms with Gasteiger partial charge in [-0.3, -0.25) is 9.67 Å². The average molecular weight is 536 g/mol. The molecule has 3 N–H and O–H groups in total. The lowest BCUT2D eigenvalue weighted by atomic mass is 10.0. The summed E-state index contributed by atoms with van der Waals surface area (Å²) < 4.78 is 26.9. The number of aromatic nitrogens is 5. The van der Waals surface area contributed by atoms with Crippen molar-refractivity contribution in [2.24, 2.45) is 11.1 Å². The average Bonchev–Trinajstić information content (AvgIpc) is 3.68. The van der Waals surface area contributed by atoms with Crippen molar-refractivity contribution in [1.29, 1.82) is 0 Å². The van der Waals surface area contributed by atoms with Gasteiger partial charge in [-0.1, -0.05) is 25.1 Å². The van der Waals surface area contributed by atoms with Gasteiger partial charge >= 0.3 is 0 Å². The lowest BCUT2D eigenvalue weighted by Crippen LogP contribution is -2.51. The van der Waals surface area contributed by atoms with Crippen LogP contribution in [0.25, 0.3) is 21.9 Å². The Labute approximate surface area is 222 Å². The molecule has 6 rings (SSSR count). The van der Waals surface area contributed by atoms with Gasteiger partial charge in [-0.15, -0.1) is 0 Å². The molecule has 2 atom stereocenters. The number of hydrogen-bond donors (Lipinski definition) is 2. The van der Waals surface area contributed by atoms with E-state index in [0.717, 1.165) is 52.6 Å². The molecule has 1 saturated carbocycles. The highest BCUT2D eigenvalue weighted by molar-refractivity contribution is 7.86. The Hall–Kier alpha value is -3.35. The van der Waals surface area contributed by atoms with E-state index >= 15 is 0 Å². The molecule has 0 radical (unpaired) electrons. The fourth-order valence-corrected chi connectivity index (χ4v) is 5.82. The van der Waals surface area contributed by atoms with E-state index in [-0.39, 0.29) is 12.1 Å². The number of hydrogen-bond acceptors (Lipinski definition) is 8. The Balaban J connectivity index is 1.39. The van der Waals surface area contributed by atoms with Crippen LogP contribution in [0.1, 0.15) is 50.8 Å². The minimum Gasteiger partial charge on any atom is -0.361 e. The van der Waals surface area contributed by atoms with Gasteiger partial charge in [0.05, 0.1) is 17.8 Å². The minimum absolute atomic E-state index is 0.0533. The molecule has 38 heavy (non-hydrogen) atoms. The van der Waals surface area contributed by atoms with Gasteiger partial charge in [0, 0.05) is 43.8 Å². The molecule has 4 aromatic rings. The molecular weight excluding hydrogens is 502 g/mol. The quantitative estimate of drug-likeness (QED) is 0.351. The van der Waals surface area contributed by atoms with Gasteiger partial charge in [0.15, 0.2) is 5.82 Å². The maximum atomic E-state index is 11.8. The number of anilines is 2. The Morgan fingerprint density at radius 2 is 1.84 bits per heavy atom. The van der Waals surface area contributed by atoms with Crippen molar-refractivity contribution in [3.8, 4) is 0 Å². The van der Waals surface area contributed by atoms with Crippen molar-refractivity contribution in [1.82, 2.24) is 29.0 Å². The molecule has 2 unspecified atom stereocenters. The van der Waals surface area contributed by atoms with E-state index < -0.39 is 10.2 Å². The van der Waals surface area contributed by atoms with Crippen LogP contribution in [0.4, 0.5) is 11.8 Å². The highest BCUT2D eigenvalue weighted by Crippen LogP contribution is 2.44. The van der Waals surface area contributed by atoms with Crippen LogP contribution in [0.2, 0.25) is 0 Å². The second kappa shape index (κ2) is 9.75. The molecule has 0 amide bonds. The summed E-state index contributed by atoms with van der Waals surface area (Å²) in [6.07, 6.45) is 6.98. The number of piperazine rings is 1. The van der Waals surface area contributed by atoms with Crippen molar-refractivity contribution in [3.05, 3.63) is 48.3 Å². The molecule has 3 aromatic heterocycles. The predicted molar refractivity (Wildman–Crippen MR) is 148 cm³/mol. The van der Waals surface area contributed by atoms with Gasteiger partial charge < -0.3 is 10.2 Å². The SMILES string of the molecule is CCC(C)n1ncc2nc(N3CCN(S(N)(=O)=O)CC3)nc(NC(c3cnc4ccccc4c3)C3CC3)c21. The number of nitrogens with zero attached hydrogens (tertiary/aromatic N) is 7. The van der Waals surface area contributed by atoms with Gasteiger partial charge in [-0.25, -0.2) is 10.1 Å². The summed E-state index contributed by atoms with van der Waals surface area (Å²) in [6, 6.07) is 10.6. The second-order valence-electron chi connectivity index (χ2n) is 10.3. The first kappa shape index (κ1) is 25.0. The summed E-state index contributed by atoms with van der Waals surface area (Å²) in [7, 11) is -3.71. The number of benzene rings is 1. The number of rotatable bonds is 8. The first-order valence-electron chi connectivity index (χ1n) is 13.2. The van der Waals surface area contributed by atoms with Gasteiger partial charge in [0.2, 0.25) is 5.95 Å². The molecule has 0 spiro atoms. The first-order valence-corrected chi connectivity index (χ1v) is 14.7. The smallest absolute Gasteiger partial charge is 0.277 e. The normalized spacial score (nSPS) is 18.7. The lowest BCUT2D eigenvalue weighted by Gasteiger charge is -2.33. The third-order valence-corrected chi connectivity index (χ3v) is 8.76. The fraction of sp³-hybridized carbons (Fsp3) is 0.462. The molecular formula is C26H33N9O2S. The summed E-state index contributed by atoms with van der Waals surface area (Å²) in [6.45, 7) is 5.79. The monoisotopic (exact) mass is 535 g/mol. The largest absolute Gasteiger partial charge is 0.361 e. The third-order valence-electron chi connectivity index (χ3n) is 7.68. The molecule has 4 heterocycles. The standard InChI is InChI=1S/C26H33N9O2S/c1-3-17(2)35-24-22(16-29-35)30-26(33-10-12-34(13-11-33)38(27,36)37)32-25(24)31-23(18-8-9-18)20-14-19-6-4-5-7-21(19)28-15-20/h4-7,14-18,23H,3,8-13H2,1-2H3,(H2,27,36,37)(H,30,31,32). The molecule has 11 nitrogen and oxygen atoms in total. The molecule has 12 heteroatoms. The Kier molecular flexibility index (Phi) is 6.40. The van der Waals surface area contributed by atoms with Crippen LogP contribution >= 0.6 is 0 Å². The van der Waals surface area contributed by atoms with Crippen molar-refractivity contribution >= 4 is 43.9 Å². The van der Waals surface area contributed by atoms with E-state index in [1.54, 1.807) is 6.20 Å². The van der Waals surface area contributed by atoms with E-state index in [1.165, 1.54) is 4.31 Å². The molecule has 1 aromatic carbocycles. The van der Waals surface area contributed by atoms with Crippen LogP contribution in [-0.2, 0) is 10.2 Å². The summed E-state index contributed by atoms with van der Waals surface area (Å²) in [5.74, 6) is 1.79. The number of nitrogens with one attached hydrogen (secondary N) is 1. The molecule has 1 saturated heterocycles. The maximum Gasteiger partial charge on any atom is 0.277 e. The highest BCUT2D eigenvalue weighted by atomic mass is 32.2. The van der Waals surface area contributed by atoms with E-state index in [2.05, 4.69) is 36.4 Å². The van der Waals surface area contributed by atoms with Gasteiger partial charge in [-0.05, 0) is 49.8 Å². The van der Waals surface area contributed by atoms with E-state index in [0.29, 0.717) is 38.0 Å². The van der Waals surface area contributed by atoms with Crippen LogP contribution in [0, 0.1) is 5.92 Å². The van der Waals surface area contributed by atoms with Crippen molar-refractivity contribution in [2.75, 3.05) is 36.4 Å². The Bertz CT molecular complexity index is 1580. The van der Waals surface area contributed by atoms with Crippen LogP contribution < -0.4 is 15.4 Å². The first-order chi connectivity index (χ1) is 18.3. The summed E-state index contributed by atoms with van der Waals surface area (Å²) in [5, 5.41) is 14.9. The van der Waals surface area contributed by atoms with Crippen molar-refractivity contribution in [2.45, 2.75) is 45.2 Å². The third kappa shape index (κ3) is 4.79. The topological polar surface area (TPSA) is 135 Å². The minimum atomic E-state index is -3.71. The Morgan fingerprint density at radius 3 is 2.55 bits per heavy atom.